The third-order valence-corrected chi connectivity index (χ3v) is 4.04. The number of amides is 1. The SMILES string of the molecule is O=C(CCNC1CCNCc2ccccc21)NC1CC1. The third kappa shape index (κ3) is 3.58. The number of rotatable bonds is 5. The van der Waals surface area contributed by atoms with E-state index in [0.717, 1.165) is 38.9 Å². The molecule has 4 heteroatoms. The van der Waals surface area contributed by atoms with E-state index in [-0.39, 0.29) is 5.91 Å². The lowest BCUT2D eigenvalue weighted by molar-refractivity contribution is -0.121. The van der Waals surface area contributed by atoms with Gasteiger partial charge >= 0.3 is 0 Å². The fourth-order valence-electron chi connectivity index (χ4n) is 2.76. The van der Waals surface area contributed by atoms with Gasteiger partial charge in [-0.3, -0.25) is 4.79 Å². The van der Waals surface area contributed by atoms with Crippen molar-refractivity contribution in [2.75, 3.05) is 13.1 Å². The number of nitrogens with one attached hydrogen (secondary N) is 3. The van der Waals surface area contributed by atoms with Gasteiger partial charge in [0.25, 0.3) is 0 Å². The van der Waals surface area contributed by atoms with Crippen LogP contribution in [-0.4, -0.2) is 25.0 Å². The first kappa shape index (κ1) is 13.6. The summed E-state index contributed by atoms with van der Waals surface area (Å²) >= 11 is 0. The monoisotopic (exact) mass is 273 g/mol. The molecule has 0 saturated heterocycles. The minimum atomic E-state index is 0.181. The quantitative estimate of drug-likeness (QED) is 0.761. The Morgan fingerprint density at radius 2 is 2.10 bits per heavy atom. The van der Waals surface area contributed by atoms with E-state index in [0.29, 0.717) is 18.5 Å². The van der Waals surface area contributed by atoms with E-state index in [1.54, 1.807) is 0 Å². The second kappa shape index (κ2) is 6.37. The Kier molecular flexibility index (Phi) is 4.33. The molecule has 1 saturated carbocycles. The van der Waals surface area contributed by atoms with E-state index in [1.807, 2.05) is 0 Å². The van der Waals surface area contributed by atoms with Crippen LogP contribution in [0.25, 0.3) is 0 Å². The lowest BCUT2D eigenvalue weighted by Crippen LogP contribution is -2.31. The van der Waals surface area contributed by atoms with Gasteiger partial charge in [-0.2, -0.15) is 0 Å². The second-order valence-corrected chi connectivity index (χ2v) is 5.76. The van der Waals surface area contributed by atoms with Crippen molar-refractivity contribution in [1.29, 1.82) is 0 Å². The summed E-state index contributed by atoms with van der Waals surface area (Å²) in [5.74, 6) is 0.181. The summed E-state index contributed by atoms with van der Waals surface area (Å²) in [6.45, 7) is 2.70. The summed E-state index contributed by atoms with van der Waals surface area (Å²) in [5, 5.41) is 10.0. The molecule has 1 aromatic rings. The molecule has 3 N–H and O–H groups in total. The second-order valence-electron chi connectivity index (χ2n) is 5.76. The largest absolute Gasteiger partial charge is 0.353 e. The van der Waals surface area contributed by atoms with Crippen molar-refractivity contribution in [3.05, 3.63) is 35.4 Å². The van der Waals surface area contributed by atoms with E-state index in [9.17, 15) is 4.79 Å². The lowest BCUT2D eigenvalue weighted by Gasteiger charge is -2.19. The van der Waals surface area contributed by atoms with Crippen molar-refractivity contribution >= 4 is 5.91 Å². The highest BCUT2D eigenvalue weighted by Gasteiger charge is 2.23. The highest BCUT2D eigenvalue weighted by Crippen LogP contribution is 2.23. The molecule has 0 aromatic heterocycles. The maximum atomic E-state index is 11.7. The van der Waals surface area contributed by atoms with Gasteiger partial charge in [0.1, 0.15) is 0 Å². The maximum absolute atomic E-state index is 11.7. The molecule has 108 valence electrons. The summed E-state index contributed by atoms with van der Waals surface area (Å²) < 4.78 is 0. The molecule has 1 heterocycles. The normalized spacial score (nSPS) is 21.9. The molecule has 1 fully saturated rings. The highest BCUT2D eigenvalue weighted by molar-refractivity contribution is 5.76. The Morgan fingerprint density at radius 1 is 1.25 bits per heavy atom. The van der Waals surface area contributed by atoms with Gasteiger partial charge in [-0.1, -0.05) is 24.3 Å². The third-order valence-electron chi connectivity index (χ3n) is 4.04. The predicted molar refractivity (Wildman–Crippen MR) is 79.3 cm³/mol. The maximum Gasteiger partial charge on any atom is 0.221 e. The molecular weight excluding hydrogens is 250 g/mol. The van der Waals surface area contributed by atoms with Crippen LogP contribution in [0.1, 0.15) is 42.9 Å². The molecule has 1 aliphatic carbocycles. The van der Waals surface area contributed by atoms with Crippen LogP contribution in [0.2, 0.25) is 0 Å². The topological polar surface area (TPSA) is 53.2 Å². The Hall–Kier alpha value is -1.39. The summed E-state index contributed by atoms with van der Waals surface area (Å²) in [5.41, 5.74) is 2.74. The van der Waals surface area contributed by atoms with Crippen molar-refractivity contribution in [3.63, 3.8) is 0 Å². The number of carbonyl (C=O) groups excluding carboxylic acids is 1. The molecule has 1 amide bonds. The van der Waals surface area contributed by atoms with Crippen molar-refractivity contribution in [2.45, 2.75) is 44.3 Å². The number of carbonyl (C=O) groups is 1. The van der Waals surface area contributed by atoms with Crippen LogP contribution in [0.5, 0.6) is 0 Å². The fraction of sp³-hybridized carbons (Fsp3) is 0.562. The number of hydrogen-bond acceptors (Lipinski definition) is 3. The Bertz CT molecular complexity index is 471. The van der Waals surface area contributed by atoms with E-state index in [2.05, 4.69) is 40.2 Å². The molecule has 3 rings (SSSR count). The van der Waals surface area contributed by atoms with Crippen LogP contribution in [0.3, 0.4) is 0 Å². The van der Waals surface area contributed by atoms with Gasteiger partial charge in [0.15, 0.2) is 0 Å². The average Bonchev–Trinajstić information content (AvgIpc) is 3.27. The van der Waals surface area contributed by atoms with Gasteiger partial charge in [-0.25, -0.2) is 0 Å². The van der Waals surface area contributed by atoms with Crippen molar-refractivity contribution in [2.24, 2.45) is 0 Å². The molecule has 0 bridgehead atoms. The zero-order valence-corrected chi connectivity index (χ0v) is 11.8. The molecule has 1 aromatic carbocycles. The van der Waals surface area contributed by atoms with Crippen LogP contribution in [0.4, 0.5) is 0 Å². The summed E-state index contributed by atoms with van der Waals surface area (Å²) in [6.07, 6.45) is 3.95. The van der Waals surface area contributed by atoms with E-state index in [4.69, 9.17) is 0 Å². The lowest BCUT2D eigenvalue weighted by atomic mass is 9.99. The summed E-state index contributed by atoms with van der Waals surface area (Å²) in [6, 6.07) is 9.39. The molecule has 2 aliphatic rings. The zero-order valence-electron chi connectivity index (χ0n) is 11.8. The first-order chi connectivity index (χ1) is 9.83. The van der Waals surface area contributed by atoms with Gasteiger partial charge in [0.05, 0.1) is 0 Å². The van der Waals surface area contributed by atoms with Gasteiger partial charge in [0.2, 0.25) is 5.91 Å². The average molecular weight is 273 g/mol. The number of hydrogen-bond donors (Lipinski definition) is 3. The zero-order chi connectivity index (χ0) is 13.8. The molecule has 1 aliphatic heterocycles. The fourth-order valence-corrected chi connectivity index (χ4v) is 2.76. The van der Waals surface area contributed by atoms with Crippen LogP contribution < -0.4 is 16.0 Å². The molecule has 20 heavy (non-hydrogen) atoms. The summed E-state index contributed by atoms with van der Waals surface area (Å²) in [4.78, 5) is 11.7. The number of fused-ring (bicyclic) bond motifs is 1. The molecule has 1 atom stereocenters. The van der Waals surface area contributed by atoms with Crippen molar-refractivity contribution in [3.8, 4) is 0 Å². The first-order valence-corrected chi connectivity index (χ1v) is 7.64. The smallest absolute Gasteiger partial charge is 0.221 e. The molecule has 4 nitrogen and oxygen atoms in total. The van der Waals surface area contributed by atoms with Crippen molar-refractivity contribution < 1.29 is 4.79 Å². The molecule has 0 radical (unpaired) electrons. The highest BCUT2D eigenvalue weighted by atomic mass is 16.1. The standard InChI is InChI=1S/C16H23N3O/c20-16(19-13-5-6-13)8-10-18-15-7-9-17-11-12-3-1-2-4-14(12)15/h1-4,13,15,17-18H,5-11H2,(H,19,20). The first-order valence-electron chi connectivity index (χ1n) is 7.64. The molecule has 1 unspecified atom stereocenters. The Labute approximate surface area is 120 Å². The minimum Gasteiger partial charge on any atom is -0.353 e. The van der Waals surface area contributed by atoms with Gasteiger partial charge in [0, 0.05) is 31.6 Å². The van der Waals surface area contributed by atoms with Crippen LogP contribution in [0, 0.1) is 0 Å². The number of benzene rings is 1. The van der Waals surface area contributed by atoms with Crippen LogP contribution in [-0.2, 0) is 11.3 Å². The minimum absolute atomic E-state index is 0.181. The Balaban J connectivity index is 1.52. The van der Waals surface area contributed by atoms with Crippen molar-refractivity contribution in [1.82, 2.24) is 16.0 Å². The van der Waals surface area contributed by atoms with Crippen LogP contribution >= 0.6 is 0 Å². The van der Waals surface area contributed by atoms with E-state index < -0.39 is 0 Å². The van der Waals surface area contributed by atoms with Gasteiger partial charge in [-0.05, 0) is 36.9 Å². The predicted octanol–water partition coefficient (Wildman–Crippen LogP) is 1.48. The van der Waals surface area contributed by atoms with E-state index in [1.165, 1.54) is 11.1 Å². The molecular formula is C16H23N3O. The van der Waals surface area contributed by atoms with Gasteiger partial charge < -0.3 is 16.0 Å². The Morgan fingerprint density at radius 3 is 2.95 bits per heavy atom. The summed E-state index contributed by atoms with van der Waals surface area (Å²) in [7, 11) is 0. The van der Waals surface area contributed by atoms with E-state index >= 15 is 0 Å². The van der Waals surface area contributed by atoms with Crippen LogP contribution in [0.15, 0.2) is 24.3 Å². The van der Waals surface area contributed by atoms with Gasteiger partial charge in [-0.15, -0.1) is 0 Å². The molecule has 0 spiro atoms.